The Hall–Kier alpha value is -2.53. The van der Waals surface area contributed by atoms with Gasteiger partial charge in [-0.15, -0.1) is 11.3 Å². The van der Waals surface area contributed by atoms with Crippen molar-refractivity contribution in [2.24, 2.45) is 5.16 Å². The van der Waals surface area contributed by atoms with Crippen LogP contribution in [0.25, 0.3) is 0 Å². The molecule has 3 N–H and O–H groups in total. The van der Waals surface area contributed by atoms with Gasteiger partial charge in [-0.25, -0.2) is 13.8 Å². The Balaban J connectivity index is 1.78. The van der Waals surface area contributed by atoms with Crippen LogP contribution in [0.5, 0.6) is 5.75 Å². The number of rotatable bonds is 7. The lowest BCUT2D eigenvalue weighted by Gasteiger charge is -2.28. The zero-order chi connectivity index (χ0) is 20.3. The summed E-state index contributed by atoms with van der Waals surface area (Å²) in [5, 5.41) is 15.6. The Morgan fingerprint density at radius 1 is 1.57 bits per heavy atom. The van der Waals surface area contributed by atoms with E-state index in [0.29, 0.717) is 12.2 Å². The highest BCUT2D eigenvalue weighted by molar-refractivity contribution is 7.13. The summed E-state index contributed by atoms with van der Waals surface area (Å²) < 4.78 is 30.2. The summed E-state index contributed by atoms with van der Waals surface area (Å²) in [5.74, 6) is -0.429. The van der Waals surface area contributed by atoms with Crippen molar-refractivity contribution in [3.63, 3.8) is 0 Å². The van der Waals surface area contributed by atoms with Gasteiger partial charge >= 0.3 is 7.12 Å². The third-order valence-corrected chi connectivity index (χ3v) is 4.92. The third kappa shape index (κ3) is 4.65. The van der Waals surface area contributed by atoms with Crippen LogP contribution in [0.15, 0.2) is 28.7 Å². The van der Waals surface area contributed by atoms with Gasteiger partial charge in [0.05, 0.1) is 0 Å². The molecule has 1 aliphatic rings. The number of aryl methyl sites for hydroxylation is 1. The number of hydrogen-bond acceptors (Lipinski definition) is 8. The number of alkyl halides is 2. The molecule has 2 aromatic rings. The molecule has 0 bridgehead atoms. The van der Waals surface area contributed by atoms with E-state index in [2.05, 4.69) is 15.0 Å². The number of nitrogens with two attached hydrogens (primary N) is 1. The Bertz CT molecular complexity index is 893. The van der Waals surface area contributed by atoms with Crippen molar-refractivity contribution in [3.8, 4) is 5.75 Å². The lowest BCUT2D eigenvalue weighted by Crippen LogP contribution is -2.36. The number of halogens is 2. The minimum Gasteiger partial charge on any atom is -0.536 e. The maximum absolute atomic E-state index is 12.8. The van der Waals surface area contributed by atoms with Gasteiger partial charge in [-0.2, -0.15) is 0 Å². The van der Waals surface area contributed by atoms with Gasteiger partial charge in [0.15, 0.2) is 23.2 Å². The maximum Gasteiger partial charge on any atom is 0.526 e. The van der Waals surface area contributed by atoms with Crippen LogP contribution in [-0.2, 0) is 16.1 Å². The predicted octanol–water partition coefficient (Wildman–Crippen LogP) is 2.46. The van der Waals surface area contributed by atoms with E-state index in [1.54, 1.807) is 0 Å². The summed E-state index contributed by atoms with van der Waals surface area (Å²) in [5.41, 5.74) is 7.29. The first-order chi connectivity index (χ1) is 13.3. The van der Waals surface area contributed by atoms with Crippen LogP contribution in [0.4, 0.5) is 13.9 Å². The van der Waals surface area contributed by atoms with Crippen LogP contribution in [-0.4, -0.2) is 41.7 Å². The Kier molecular flexibility index (Phi) is 6.25. The number of para-hydroxylation sites is 1. The summed E-state index contributed by atoms with van der Waals surface area (Å²) in [6.45, 7) is 0.924. The molecule has 2 heterocycles. The van der Waals surface area contributed by atoms with E-state index in [0.717, 1.165) is 22.5 Å². The molecular formula is C17H18BF2N3O4S. The molecule has 1 aliphatic heterocycles. The number of Topliss-reactive ketones (excluding diaryl/α,β-unsaturated/α-hetero) is 1. The largest absolute Gasteiger partial charge is 0.536 e. The third-order valence-electron chi connectivity index (χ3n) is 4.25. The van der Waals surface area contributed by atoms with Crippen LogP contribution in [0.1, 0.15) is 23.2 Å². The van der Waals surface area contributed by atoms with Crippen molar-refractivity contribution < 1.29 is 28.1 Å². The number of hydrogen-bond donors (Lipinski definition) is 2. The van der Waals surface area contributed by atoms with Crippen molar-refractivity contribution in [3.05, 3.63) is 40.4 Å². The van der Waals surface area contributed by atoms with Crippen LogP contribution in [0, 0.1) is 6.92 Å². The number of fused-ring (bicyclic) bond motifs is 1. The fourth-order valence-corrected chi connectivity index (χ4v) is 3.49. The van der Waals surface area contributed by atoms with Crippen molar-refractivity contribution >= 4 is 35.1 Å². The van der Waals surface area contributed by atoms with E-state index in [9.17, 15) is 18.6 Å². The van der Waals surface area contributed by atoms with E-state index in [1.165, 1.54) is 5.38 Å². The van der Waals surface area contributed by atoms with Crippen molar-refractivity contribution in [1.82, 2.24) is 4.98 Å². The van der Waals surface area contributed by atoms with Gasteiger partial charge in [0.25, 0.3) is 6.43 Å². The number of ketones is 1. The van der Waals surface area contributed by atoms with E-state index in [1.807, 2.05) is 25.1 Å². The van der Waals surface area contributed by atoms with Crippen LogP contribution < -0.4 is 10.4 Å². The second kappa shape index (κ2) is 8.66. The number of anilines is 1. The molecule has 28 heavy (non-hydrogen) atoms. The first-order valence-electron chi connectivity index (χ1n) is 8.51. The van der Waals surface area contributed by atoms with Gasteiger partial charge in [-0.1, -0.05) is 23.4 Å². The molecule has 0 saturated heterocycles. The topological polar surface area (TPSA) is 107 Å². The minimum absolute atomic E-state index is 0.122. The standard InChI is InChI=1S/C17H18BF2N3O4S/c1-9-3-2-4-10-5-11(18(25)27-16(9)10)6-13(24)15(23-26-7-14(19)20)12-8-28-17(21)22-12/h2-4,8,11,14,25H,5-7H2,1H3,(H2,21,22)/b23-15-/t11-/m1/s1. The zero-order valence-electron chi connectivity index (χ0n) is 15.0. The Morgan fingerprint density at radius 3 is 3.04 bits per heavy atom. The van der Waals surface area contributed by atoms with Gasteiger partial charge in [-0.05, 0) is 24.5 Å². The molecule has 0 fully saturated rings. The monoisotopic (exact) mass is 409 g/mol. The average Bonchev–Trinajstić information content (AvgIpc) is 3.06. The van der Waals surface area contributed by atoms with Crippen molar-refractivity contribution in [2.75, 3.05) is 12.3 Å². The lowest BCUT2D eigenvalue weighted by molar-refractivity contribution is -0.113. The molecule has 1 aromatic carbocycles. The minimum atomic E-state index is -2.73. The molecule has 1 aromatic heterocycles. The zero-order valence-corrected chi connectivity index (χ0v) is 15.8. The number of carbonyl (C=O) groups excluding carboxylic acids is 1. The van der Waals surface area contributed by atoms with Crippen molar-refractivity contribution in [2.45, 2.75) is 32.0 Å². The fraction of sp³-hybridized carbons (Fsp3) is 0.353. The second-order valence-corrected chi connectivity index (χ2v) is 7.25. The predicted molar refractivity (Wildman–Crippen MR) is 102 cm³/mol. The number of thiazole rings is 1. The van der Waals surface area contributed by atoms with Crippen LogP contribution in [0.2, 0.25) is 5.82 Å². The summed E-state index contributed by atoms with van der Waals surface area (Å²) in [4.78, 5) is 21.3. The fourth-order valence-electron chi connectivity index (χ4n) is 2.95. The molecule has 7 nitrogen and oxygen atoms in total. The van der Waals surface area contributed by atoms with Gasteiger partial charge in [0, 0.05) is 17.6 Å². The first-order valence-corrected chi connectivity index (χ1v) is 9.39. The number of nitrogen functional groups attached to an aromatic ring is 1. The number of nitrogens with zero attached hydrogens (tertiary/aromatic N) is 2. The molecule has 0 amide bonds. The molecule has 11 heteroatoms. The van der Waals surface area contributed by atoms with Gasteiger partial charge in [0.2, 0.25) is 0 Å². The molecule has 0 aliphatic carbocycles. The first kappa shape index (κ1) is 20.2. The molecule has 0 spiro atoms. The quantitative estimate of drug-likeness (QED) is 0.413. The van der Waals surface area contributed by atoms with Crippen LogP contribution in [0.3, 0.4) is 0 Å². The summed E-state index contributed by atoms with van der Waals surface area (Å²) in [6, 6.07) is 5.61. The molecule has 0 saturated carbocycles. The molecule has 3 rings (SSSR count). The summed E-state index contributed by atoms with van der Waals surface area (Å²) in [6.07, 6.45) is -2.43. The van der Waals surface area contributed by atoms with Gasteiger partial charge < -0.3 is 20.2 Å². The van der Waals surface area contributed by atoms with Crippen molar-refractivity contribution in [1.29, 1.82) is 0 Å². The summed E-state index contributed by atoms with van der Waals surface area (Å²) >= 11 is 1.08. The Morgan fingerprint density at radius 2 is 2.36 bits per heavy atom. The normalized spacial score (nSPS) is 16.7. The molecule has 1 atom stereocenters. The van der Waals surface area contributed by atoms with Gasteiger partial charge in [-0.3, -0.25) is 4.79 Å². The summed E-state index contributed by atoms with van der Waals surface area (Å²) in [7, 11) is -1.18. The molecule has 148 valence electrons. The average molecular weight is 409 g/mol. The maximum atomic E-state index is 12.8. The van der Waals surface area contributed by atoms with Gasteiger partial charge in [0.1, 0.15) is 11.4 Å². The van der Waals surface area contributed by atoms with Crippen LogP contribution >= 0.6 is 11.3 Å². The Labute approximate surface area is 164 Å². The highest BCUT2D eigenvalue weighted by Gasteiger charge is 2.37. The molecule has 0 radical (unpaired) electrons. The number of oxime groups is 1. The highest BCUT2D eigenvalue weighted by atomic mass is 32.1. The lowest BCUT2D eigenvalue weighted by atomic mass is 9.64. The highest BCUT2D eigenvalue weighted by Crippen LogP contribution is 2.36. The smallest absolute Gasteiger partial charge is 0.526 e. The number of carbonyl (C=O) groups is 1. The molecular weight excluding hydrogens is 391 g/mol. The number of aromatic nitrogens is 1. The van der Waals surface area contributed by atoms with E-state index in [-0.39, 0.29) is 23.0 Å². The van der Waals surface area contributed by atoms with E-state index < -0.39 is 31.8 Å². The van der Waals surface area contributed by atoms with E-state index >= 15 is 0 Å². The van der Waals surface area contributed by atoms with E-state index in [4.69, 9.17) is 10.4 Å². The molecule has 0 unspecified atom stereocenters. The number of benzene rings is 1. The second-order valence-electron chi connectivity index (χ2n) is 6.36. The SMILES string of the molecule is Cc1cccc2c1OB(O)[C@@H](CC(=O)/C(=N\OCC(F)F)c1csc(N)n1)C2.